The van der Waals surface area contributed by atoms with Gasteiger partial charge in [0.05, 0.1) is 6.42 Å². The summed E-state index contributed by atoms with van der Waals surface area (Å²) in [5, 5.41) is 12.3. The van der Waals surface area contributed by atoms with Crippen molar-refractivity contribution in [2.45, 2.75) is 26.2 Å². The number of nitrogens with one attached hydrogen (secondary N) is 1. The van der Waals surface area contributed by atoms with Crippen molar-refractivity contribution in [3.8, 4) is 11.5 Å². The van der Waals surface area contributed by atoms with Crippen LogP contribution in [0.15, 0.2) is 18.2 Å². The summed E-state index contributed by atoms with van der Waals surface area (Å²) >= 11 is 1.42. The number of aromatic nitrogens is 2. The Labute approximate surface area is 126 Å². The summed E-state index contributed by atoms with van der Waals surface area (Å²) in [6.45, 7) is 2.31. The molecule has 21 heavy (non-hydrogen) atoms. The molecule has 1 aliphatic heterocycles. The zero-order valence-electron chi connectivity index (χ0n) is 11.6. The Morgan fingerprint density at radius 2 is 2.19 bits per heavy atom. The monoisotopic (exact) mass is 305 g/mol. The third kappa shape index (κ3) is 3.30. The lowest BCUT2D eigenvalue weighted by Crippen LogP contribution is -2.14. The number of fused-ring (bicyclic) bond motifs is 1. The molecule has 1 amide bonds. The van der Waals surface area contributed by atoms with Gasteiger partial charge in [0.15, 0.2) is 11.5 Å². The van der Waals surface area contributed by atoms with Gasteiger partial charge in [-0.2, -0.15) is 0 Å². The molecule has 110 valence electrons. The SMILES string of the molecule is CCCc1nnc(NC(=O)Cc2ccc3c(c2)OCO3)s1. The van der Waals surface area contributed by atoms with Crippen LogP contribution in [0.2, 0.25) is 0 Å². The average molecular weight is 305 g/mol. The third-order valence-corrected chi connectivity index (χ3v) is 3.88. The van der Waals surface area contributed by atoms with Gasteiger partial charge in [-0.1, -0.05) is 24.3 Å². The lowest BCUT2D eigenvalue weighted by Gasteiger charge is -2.03. The van der Waals surface area contributed by atoms with Crippen LogP contribution in [0, 0.1) is 0 Å². The second-order valence-electron chi connectivity index (χ2n) is 4.66. The Balaban J connectivity index is 1.60. The molecule has 0 saturated heterocycles. The lowest BCUT2D eigenvalue weighted by atomic mass is 10.1. The first-order valence-electron chi connectivity index (χ1n) is 6.75. The second kappa shape index (κ2) is 6.09. The lowest BCUT2D eigenvalue weighted by molar-refractivity contribution is -0.115. The number of ether oxygens (including phenoxy) is 2. The predicted octanol–water partition coefficient (Wildman–Crippen LogP) is 2.40. The van der Waals surface area contributed by atoms with E-state index in [0.717, 1.165) is 23.4 Å². The normalized spacial score (nSPS) is 12.4. The molecule has 2 heterocycles. The van der Waals surface area contributed by atoms with Gasteiger partial charge in [-0.3, -0.25) is 4.79 Å². The van der Waals surface area contributed by atoms with Crippen molar-refractivity contribution in [2.75, 3.05) is 12.1 Å². The van der Waals surface area contributed by atoms with Gasteiger partial charge in [0, 0.05) is 6.42 Å². The predicted molar refractivity (Wildman–Crippen MR) is 78.8 cm³/mol. The van der Waals surface area contributed by atoms with Crippen LogP contribution in [-0.4, -0.2) is 22.9 Å². The second-order valence-corrected chi connectivity index (χ2v) is 5.73. The maximum atomic E-state index is 12.0. The molecular formula is C14H15N3O3S. The highest BCUT2D eigenvalue weighted by atomic mass is 32.1. The summed E-state index contributed by atoms with van der Waals surface area (Å²) in [4.78, 5) is 12.0. The molecule has 6 nitrogen and oxygen atoms in total. The highest BCUT2D eigenvalue weighted by Crippen LogP contribution is 2.32. The van der Waals surface area contributed by atoms with E-state index < -0.39 is 0 Å². The van der Waals surface area contributed by atoms with Crippen molar-refractivity contribution in [3.63, 3.8) is 0 Å². The molecular weight excluding hydrogens is 290 g/mol. The first-order valence-corrected chi connectivity index (χ1v) is 7.57. The van der Waals surface area contributed by atoms with Crippen LogP contribution in [-0.2, 0) is 17.6 Å². The van der Waals surface area contributed by atoms with E-state index in [1.807, 2.05) is 18.2 Å². The van der Waals surface area contributed by atoms with Gasteiger partial charge in [-0.05, 0) is 24.1 Å². The Morgan fingerprint density at radius 3 is 3.05 bits per heavy atom. The van der Waals surface area contributed by atoms with E-state index in [-0.39, 0.29) is 19.1 Å². The Bertz CT molecular complexity index is 657. The van der Waals surface area contributed by atoms with Crippen molar-refractivity contribution >= 4 is 22.4 Å². The van der Waals surface area contributed by atoms with Crippen molar-refractivity contribution in [3.05, 3.63) is 28.8 Å². The van der Waals surface area contributed by atoms with E-state index in [9.17, 15) is 4.79 Å². The molecule has 7 heteroatoms. The molecule has 0 spiro atoms. The standard InChI is InChI=1S/C14H15N3O3S/c1-2-3-13-16-17-14(21-13)15-12(18)7-9-4-5-10-11(6-9)20-8-19-10/h4-6H,2-3,7-8H2,1H3,(H,15,17,18). The number of nitrogens with zero attached hydrogens (tertiary/aromatic N) is 2. The van der Waals surface area contributed by atoms with E-state index in [2.05, 4.69) is 22.4 Å². The molecule has 1 aromatic carbocycles. The number of carbonyl (C=O) groups excluding carboxylic acids is 1. The fourth-order valence-corrected chi connectivity index (χ4v) is 2.88. The minimum Gasteiger partial charge on any atom is -0.454 e. The molecule has 0 unspecified atom stereocenters. The van der Waals surface area contributed by atoms with E-state index in [4.69, 9.17) is 9.47 Å². The Kier molecular flexibility index (Phi) is 4.01. The largest absolute Gasteiger partial charge is 0.454 e. The minimum absolute atomic E-state index is 0.118. The summed E-state index contributed by atoms with van der Waals surface area (Å²) in [7, 11) is 0. The Hall–Kier alpha value is -2.15. The van der Waals surface area contributed by atoms with Gasteiger partial charge in [-0.25, -0.2) is 0 Å². The van der Waals surface area contributed by atoms with Gasteiger partial charge in [0.2, 0.25) is 17.8 Å². The van der Waals surface area contributed by atoms with E-state index in [0.29, 0.717) is 16.6 Å². The van der Waals surface area contributed by atoms with Gasteiger partial charge in [-0.15, -0.1) is 10.2 Å². The smallest absolute Gasteiger partial charge is 0.231 e. The Morgan fingerprint density at radius 1 is 1.33 bits per heavy atom. The zero-order chi connectivity index (χ0) is 14.7. The number of rotatable bonds is 5. The van der Waals surface area contributed by atoms with Crippen molar-refractivity contribution in [1.82, 2.24) is 10.2 Å². The fraction of sp³-hybridized carbons (Fsp3) is 0.357. The number of anilines is 1. The quantitative estimate of drug-likeness (QED) is 0.918. The summed E-state index contributed by atoms with van der Waals surface area (Å²) in [5.41, 5.74) is 0.870. The number of hydrogen-bond acceptors (Lipinski definition) is 6. The molecule has 1 N–H and O–H groups in total. The highest BCUT2D eigenvalue weighted by Gasteiger charge is 2.15. The molecule has 2 aromatic rings. The molecule has 1 aromatic heterocycles. The summed E-state index contributed by atoms with van der Waals surface area (Å²) in [6, 6.07) is 5.50. The molecule has 1 aliphatic rings. The van der Waals surface area contributed by atoms with Gasteiger partial charge < -0.3 is 14.8 Å². The molecule has 0 saturated carbocycles. The summed E-state index contributed by atoms with van der Waals surface area (Å²) in [5.74, 6) is 1.28. The molecule has 0 fully saturated rings. The number of hydrogen-bond donors (Lipinski definition) is 1. The van der Waals surface area contributed by atoms with Crippen LogP contribution < -0.4 is 14.8 Å². The average Bonchev–Trinajstić information content (AvgIpc) is 3.08. The van der Waals surface area contributed by atoms with Crippen LogP contribution >= 0.6 is 11.3 Å². The maximum Gasteiger partial charge on any atom is 0.231 e. The van der Waals surface area contributed by atoms with E-state index >= 15 is 0 Å². The molecule has 0 bridgehead atoms. The van der Waals surface area contributed by atoms with Gasteiger partial charge in [0.25, 0.3) is 0 Å². The van der Waals surface area contributed by atoms with Gasteiger partial charge in [0.1, 0.15) is 5.01 Å². The van der Waals surface area contributed by atoms with Gasteiger partial charge >= 0.3 is 0 Å². The maximum absolute atomic E-state index is 12.0. The zero-order valence-corrected chi connectivity index (χ0v) is 12.4. The van der Waals surface area contributed by atoms with E-state index in [1.54, 1.807) is 0 Å². The van der Waals surface area contributed by atoms with Crippen molar-refractivity contribution in [1.29, 1.82) is 0 Å². The minimum atomic E-state index is -0.118. The molecule has 0 aliphatic carbocycles. The van der Waals surface area contributed by atoms with E-state index in [1.165, 1.54) is 11.3 Å². The van der Waals surface area contributed by atoms with Crippen molar-refractivity contribution in [2.24, 2.45) is 0 Å². The fourth-order valence-electron chi connectivity index (χ4n) is 2.02. The highest BCUT2D eigenvalue weighted by molar-refractivity contribution is 7.15. The molecule has 0 radical (unpaired) electrons. The number of benzene rings is 1. The molecule has 0 atom stereocenters. The topological polar surface area (TPSA) is 73.3 Å². The van der Waals surface area contributed by atoms with Crippen LogP contribution in [0.25, 0.3) is 0 Å². The third-order valence-electron chi connectivity index (χ3n) is 2.98. The van der Waals surface area contributed by atoms with Crippen LogP contribution in [0.4, 0.5) is 5.13 Å². The number of carbonyl (C=O) groups is 1. The number of aryl methyl sites for hydroxylation is 1. The first kappa shape index (κ1) is 13.8. The van der Waals surface area contributed by atoms with Crippen LogP contribution in [0.5, 0.6) is 11.5 Å². The summed E-state index contributed by atoms with van der Waals surface area (Å²) in [6.07, 6.45) is 2.16. The number of amides is 1. The first-order chi connectivity index (χ1) is 10.2. The molecule has 3 rings (SSSR count). The van der Waals surface area contributed by atoms with Crippen LogP contribution in [0.3, 0.4) is 0 Å². The van der Waals surface area contributed by atoms with Crippen LogP contribution in [0.1, 0.15) is 23.9 Å². The van der Waals surface area contributed by atoms with Crippen molar-refractivity contribution < 1.29 is 14.3 Å². The summed E-state index contributed by atoms with van der Waals surface area (Å²) < 4.78 is 10.5.